The molecule has 0 aromatic heterocycles. The van der Waals surface area contributed by atoms with Crippen molar-refractivity contribution in [3.63, 3.8) is 0 Å². The molecular formula is C16H19Cl2N3O4. The standard InChI is InChI=1S/C16H19Cl2N3O4/c17-13-5-12(21(24)25)6-14(18)16(13)19-10-3-11(4-10)20(8-15(22)23)7-9-1-2-9/h5-6,9-11,19H,1-4,7-8H2,(H,22,23). The Hall–Kier alpha value is -1.57. The van der Waals surface area contributed by atoms with Crippen molar-refractivity contribution in [1.82, 2.24) is 4.90 Å². The lowest BCUT2D eigenvalue weighted by molar-refractivity contribution is -0.384. The number of non-ortho nitro benzene ring substituents is 1. The van der Waals surface area contributed by atoms with Gasteiger partial charge in [-0.2, -0.15) is 0 Å². The fraction of sp³-hybridized carbons (Fsp3) is 0.562. The number of rotatable bonds is 8. The summed E-state index contributed by atoms with van der Waals surface area (Å²) in [6.07, 6.45) is 3.95. The third-order valence-electron chi connectivity index (χ3n) is 4.74. The van der Waals surface area contributed by atoms with Crippen LogP contribution in [0.2, 0.25) is 10.0 Å². The van der Waals surface area contributed by atoms with E-state index < -0.39 is 10.9 Å². The number of nitro groups is 1. The number of nitrogens with zero attached hydrogens (tertiary/aromatic N) is 2. The highest BCUT2D eigenvalue weighted by molar-refractivity contribution is 6.39. The van der Waals surface area contributed by atoms with Gasteiger partial charge in [0, 0.05) is 30.8 Å². The number of halogens is 2. The second-order valence-corrected chi connectivity index (χ2v) is 7.59. The van der Waals surface area contributed by atoms with Crippen LogP contribution < -0.4 is 5.32 Å². The molecule has 2 saturated carbocycles. The molecule has 0 amide bonds. The van der Waals surface area contributed by atoms with Crippen LogP contribution in [0.4, 0.5) is 11.4 Å². The zero-order valence-electron chi connectivity index (χ0n) is 13.5. The van der Waals surface area contributed by atoms with E-state index in [0.717, 1.165) is 19.4 Å². The molecule has 0 saturated heterocycles. The van der Waals surface area contributed by atoms with Crippen LogP contribution in [0.25, 0.3) is 0 Å². The molecule has 0 radical (unpaired) electrons. The summed E-state index contributed by atoms with van der Waals surface area (Å²) in [4.78, 5) is 23.4. The second kappa shape index (κ2) is 7.35. The highest BCUT2D eigenvalue weighted by Crippen LogP contribution is 2.39. The number of aliphatic carboxylic acids is 1. The molecule has 0 bridgehead atoms. The van der Waals surface area contributed by atoms with Gasteiger partial charge in [0.2, 0.25) is 0 Å². The van der Waals surface area contributed by atoms with Crippen molar-refractivity contribution < 1.29 is 14.8 Å². The van der Waals surface area contributed by atoms with Gasteiger partial charge in [-0.15, -0.1) is 0 Å². The lowest BCUT2D eigenvalue weighted by Crippen LogP contribution is -2.52. The summed E-state index contributed by atoms with van der Waals surface area (Å²) >= 11 is 12.2. The molecule has 0 unspecified atom stereocenters. The highest BCUT2D eigenvalue weighted by Gasteiger charge is 2.37. The van der Waals surface area contributed by atoms with Gasteiger partial charge in [0.1, 0.15) is 0 Å². The maximum atomic E-state index is 11.1. The molecule has 1 aromatic rings. The minimum Gasteiger partial charge on any atom is -0.480 e. The maximum Gasteiger partial charge on any atom is 0.317 e. The number of carbonyl (C=O) groups is 1. The molecule has 3 rings (SSSR count). The van der Waals surface area contributed by atoms with Crippen LogP contribution in [0.5, 0.6) is 0 Å². The van der Waals surface area contributed by atoms with Gasteiger partial charge < -0.3 is 10.4 Å². The van der Waals surface area contributed by atoms with E-state index in [2.05, 4.69) is 5.32 Å². The number of nitro benzene ring substituents is 1. The quantitative estimate of drug-likeness (QED) is 0.522. The number of hydrogen-bond donors (Lipinski definition) is 2. The third-order valence-corrected chi connectivity index (χ3v) is 5.34. The van der Waals surface area contributed by atoms with E-state index in [1.165, 1.54) is 25.0 Å². The number of benzene rings is 1. The van der Waals surface area contributed by atoms with E-state index >= 15 is 0 Å². The Morgan fingerprint density at radius 2 is 1.92 bits per heavy atom. The smallest absolute Gasteiger partial charge is 0.317 e. The van der Waals surface area contributed by atoms with Gasteiger partial charge in [0.05, 0.1) is 27.2 Å². The molecule has 25 heavy (non-hydrogen) atoms. The van der Waals surface area contributed by atoms with Gasteiger partial charge in [0.15, 0.2) is 0 Å². The van der Waals surface area contributed by atoms with Crippen molar-refractivity contribution in [3.8, 4) is 0 Å². The van der Waals surface area contributed by atoms with Gasteiger partial charge >= 0.3 is 5.97 Å². The monoisotopic (exact) mass is 387 g/mol. The van der Waals surface area contributed by atoms with E-state index in [9.17, 15) is 14.9 Å². The molecular weight excluding hydrogens is 369 g/mol. The Labute approximate surface area is 155 Å². The van der Waals surface area contributed by atoms with E-state index in [-0.39, 0.29) is 34.4 Å². The number of nitrogens with one attached hydrogen (secondary N) is 1. The number of carboxylic acid groups (broad SMARTS) is 1. The fourth-order valence-electron chi connectivity index (χ4n) is 3.16. The van der Waals surface area contributed by atoms with Crippen LogP contribution in [0.3, 0.4) is 0 Å². The molecule has 136 valence electrons. The van der Waals surface area contributed by atoms with Gasteiger partial charge in [-0.25, -0.2) is 0 Å². The van der Waals surface area contributed by atoms with E-state index in [1.54, 1.807) is 0 Å². The summed E-state index contributed by atoms with van der Waals surface area (Å²) in [6, 6.07) is 2.90. The van der Waals surface area contributed by atoms with Gasteiger partial charge in [-0.05, 0) is 31.6 Å². The van der Waals surface area contributed by atoms with Gasteiger partial charge in [-0.3, -0.25) is 19.8 Å². The van der Waals surface area contributed by atoms with E-state index in [4.69, 9.17) is 28.3 Å². The Morgan fingerprint density at radius 3 is 2.40 bits per heavy atom. The first-order valence-electron chi connectivity index (χ1n) is 8.19. The molecule has 2 fully saturated rings. The van der Waals surface area contributed by atoms with Crippen LogP contribution >= 0.6 is 23.2 Å². The van der Waals surface area contributed by atoms with Crippen LogP contribution in [0, 0.1) is 16.0 Å². The zero-order chi connectivity index (χ0) is 18.1. The second-order valence-electron chi connectivity index (χ2n) is 6.77. The molecule has 1 aromatic carbocycles. The largest absolute Gasteiger partial charge is 0.480 e. The fourth-order valence-corrected chi connectivity index (χ4v) is 3.74. The Morgan fingerprint density at radius 1 is 1.32 bits per heavy atom. The van der Waals surface area contributed by atoms with E-state index in [1.807, 2.05) is 4.90 Å². The molecule has 0 atom stereocenters. The predicted molar refractivity (Wildman–Crippen MR) is 95.5 cm³/mol. The van der Waals surface area contributed by atoms with Crippen molar-refractivity contribution in [1.29, 1.82) is 0 Å². The summed E-state index contributed by atoms with van der Waals surface area (Å²) in [6.45, 7) is 0.898. The minimum atomic E-state index is -0.807. The molecule has 2 aliphatic carbocycles. The molecule has 0 aliphatic heterocycles. The lowest BCUT2D eigenvalue weighted by atomic mass is 9.85. The minimum absolute atomic E-state index is 0.0624. The van der Waals surface area contributed by atoms with E-state index in [0.29, 0.717) is 11.6 Å². The predicted octanol–water partition coefficient (Wildman–Crippen LogP) is 3.64. The molecule has 9 heteroatoms. The number of hydrogen-bond acceptors (Lipinski definition) is 5. The summed E-state index contributed by atoms with van der Waals surface area (Å²) in [5.74, 6) is -0.177. The molecule has 2 aliphatic rings. The molecule has 2 N–H and O–H groups in total. The van der Waals surface area contributed by atoms with Crippen molar-refractivity contribution in [2.75, 3.05) is 18.4 Å². The maximum absolute atomic E-state index is 11.1. The van der Waals surface area contributed by atoms with Gasteiger partial charge in [-0.1, -0.05) is 23.2 Å². The topological polar surface area (TPSA) is 95.7 Å². The van der Waals surface area contributed by atoms with Crippen molar-refractivity contribution in [3.05, 3.63) is 32.3 Å². The Bertz CT molecular complexity index is 667. The van der Waals surface area contributed by atoms with Crippen LogP contribution in [-0.4, -0.2) is 46.1 Å². The first-order valence-corrected chi connectivity index (χ1v) is 8.95. The number of carboxylic acids is 1. The first kappa shape index (κ1) is 18.2. The average molecular weight is 388 g/mol. The number of anilines is 1. The normalized spacial score (nSPS) is 22.5. The van der Waals surface area contributed by atoms with Crippen molar-refractivity contribution in [2.45, 2.75) is 37.8 Å². The zero-order valence-corrected chi connectivity index (χ0v) is 15.0. The molecule has 7 nitrogen and oxygen atoms in total. The highest BCUT2D eigenvalue weighted by atomic mass is 35.5. The van der Waals surface area contributed by atoms with Crippen LogP contribution in [0.15, 0.2) is 12.1 Å². The summed E-state index contributed by atoms with van der Waals surface area (Å²) in [5, 5.41) is 23.6. The lowest BCUT2D eigenvalue weighted by Gasteiger charge is -2.43. The Kier molecular flexibility index (Phi) is 5.36. The summed E-state index contributed by atoms with van der Waals surface area (Å²) in [7, 11) is 0. The third kappa shape index (κ3) is 4.54. The van der Waals surface area contributed by atoms with Crippen molar-refractivity contribution in [2.24, 2.45) is 5.92 Å². The van der Waals surface area contributed by atoms with Gasteiger partial charge in [0.25, 0.3) is 5.69 Å². The SMILES string of the molecule is O=C(O)CN(CC1CC1)C1CC(Nc2c(Cl)cc([N+](=O)[O-])cc2Cl)C1. The molecule has 0 heterocycles. The first-order chi connectivity index (χ1) is 11.8. The van der Waals surface area contributed by atoms with Crippen LogP contribution in [-0.2, 0) is 4.79 Å². The summed E-state index contributed by atoms with van der Waals surface area (Å²) in [5.41, 5.74) is 0.341. The molecule has 0 spiro atoms. The Balaban J connectivity index is 1.59. The van der Waals surface area contributed by atoms with Crippen molar-refractivity contribution >= 4 is 40.5 Å². The summed E-state index contributed by atoms with van der Waals surface area (Å²) < 4.78 is 0. The average Bonchev–Trinajstić information content (AvgIpc) is 3.27. The van der Waals surface area contributed by atoms with Crippen LogP contribution in [0.1, 0.15) is 25.7 Å².